The predicted molar refractivity (Wildman–Crippen MR) is 189 cm³/mol. The molecular weight excluding hydrogens is 674 g/mol. The fourth-order valence-corrected chi connectivity index (χ4v) is 5.58. The van der Waals surface area contributed by atoms with Gasteiger partial charge in [0.25, 0.3) is 0 Å². The van der Waals surface area contributed by atoms with Crippen LogP contribution in [0.4, 0.5) is 4.79 Å². The van der Waals surface area contributed by atoms with Crippen LogP contribution in [0, 0.1) is 19.8 Å². The number of ether oxygens (including phenoxy) is 5. The molecule has 0 spiro atoms. The number of carboxylic acid groups (broad SMARTS) is 2. The van der Waals surface area contributed by atoms with Gasteiger partial charge in [0.2, 0.25) is 12.2 Å². The molecule has 52 heavy (non-hydrogen) atoms. The van der Waals surface area contributed by atoms with Crippen molar-refractivity contribution in [2.75, 3.05) is 26.7 Å². The Hall–Kier alpha value is -5.43. The molecule has 2 N–H and O–H groups in total. The zero-order valence-electron chi connectivity index (χ0n) is 30.5. The summed E-state index contributed by atoms with van der Waals surface area (Å²) in [6.45, 7) is 13.5. The van der Waals surface area contributed by atoms with Crippen molar-refractivity contribution in [1.82, 2.24) is 4.90 Å². The average molecular weight is 722 g/mol. The number of hydrogen-bond donors (Lipinski definition) is 2. The standard InChI is InChI=1S/C20H18O8.C19H29NO4/c1-11-3-7-13(8-4-11)19(25)27-15(17(21)22)16(18(23)24)28-20(26)14-9-5-12(2)6-10-14;1-6-22-18(21)24-19(10-11-20(5)13-15(19)4)16-8-7-9-17(12-16)23-14(2)3/h3-10,15-16H,1-2H3,(H,21,22)(H,23,24);7-9,12,14-15H,6,10-11,13H2,1-5H3/t;15-,19+/m.1/s1. The third kappa shape index (κ3) is 11.3. The summed E-state index contributed by atoms with van der Waals surface area (Å²) in [7, 11) is 2.09. The topological polar surface area (TPSA) is 175 Å². The third-order valence-electron chi connectivity index (χ3n) is 8.27. The molecule has 13 heteroatoms. The smallest absolute Gasteiger partial charge is 0.491 e. The fraction of sp³-hybridized carbons (Fsp3) is 0.410. The molecule has 0 radical (unpaired) electrons. The molecular formula is C39H47NO12. The summed E-state index contributed by atoms with van der Waals surface area (Å²) in [5, 5.41) is 18.6. The van der Waals surface area contributed by atoms with Crippen LogP contribution in [-0.2, 0) is 34.1 Å². The number of carbonyl (C=O) groups is 5. The van der Waals surface area contributed by atoms with E-state index >= 15 is 0 Å². The molecule has 0 saturated carbocycles. The minimum absolute atomic E-state index is 0.0332. The van der Waals surface area contributed by atoms with Crippen LogP contribution in [0.25, 0.3) is 0 Å². The van der Waals surface area contributed by atoms with E-state index in [0.717, 1.165) is 42.0 Å². The normalized spacial score (nSPS) is 18.1. The van der Waals surface area contributed by atoms with Crippen LogP contribution < -0.4 is 4.74 Å². The number of piperidine rings is 1. The van der Waals surface area contributed by atoms with E-state index < -0.39 is 47.8 Å². The van der Waals surface area contributed by atoms with E-state index in [9.17, 15) is 34.2 Å². The predicted octanol–water partition coefficient (Wildman–Crippen LogP) is 6.04. The monoisotopic (exact) mass is 721 g/mol. The summed E-state index contributed by atoms with van der Waals surface area (Å²) in [6.07, 6.45) is -4.23. The molecule has 0 amide bonds. The lowest BCUT2D eigenvalue weighted by Gasteiger charge is -2.44. The van der Waals surface area contributed by atoms with E-state index in [4.69, 9.17) is 23.7 Å². The highest BCUT2D eigenvalue weighted by Crippen LogP contribution is 2.42. The van der Waals surface area contributed by atoms with Crippen molar-refractivity contribution in [1.29, 1.82) is 0 Å². The number of aryl methyl sites for hydroxylation is 2. The SMILES string of the molecule is CCOC(=O)O[C@@]1(c2cccc(OC(C)C)c2)CCN(C)C[C@H]1C.Cc1ccc(C(=O)OC(C(=O)O)C(OC(=O)c2ccc(C)cc2)C(=O)O)cc1. The molecule has 280 valence electrons. The van der Waals surface area contributed by atoms with Gasteiger partial charge in [-0.3, -0.25) is 0 Å². The number of rotatable bonds is 12. The molecule has 0 aliphatic carbocycles. The first-order valence-corrected chi connectivity index (χ1v) is 16.9. The molecule has 0 bridgehead atoms. The Morgan fingerprint density at radius 1 is 0.827 bits per heavy atom. The molecule has 1 saturated heterocycles. The molecule has 4 atom stereocenters. The molecule has 1 fully saturated rings. The Balaban J connectivity index is 0.000000284. The maximum Gasteiger partial charge on any atom is 0.509 e. The fourth-order valence-electron chi connectivity index (χ4n) is 5.58. The average Bonchev–Trinajstić information content (AvgIpc) is 3.08. The summed E-state index contributed by atoms with van der Waals surface area (Å²) in [5.41, 5.74) is 2.07. The quantitative estimate of drug-likeness (QED) is 0.164. The maximum atomic E-state index is 12.2. The van der Waals surface area contributed by atoms with Crippen molar-refractivity contribution in [3.8, 4) is 5.75 Å². The number of esters is 2. The van der Waals surface area contributed by atoms with Crippen molar-refractivity contribution in [2.45, 2.75) is 71.9 Å². The second-order valence-corrected chi connectivity index (χ2v) is 12.8. The van der Waals surface area contributed by atoms with Gasteiger partial charge < -0.3 is 38.8 Å². The van der Waals surface area contributed by atoms with Gasteiger partial charge in [-0.2, -0.15) is 0 Å². The number of aliphatic carboxylic acids is 2. The molecule has 1 aliphatic heterocycles. The van der Waals surface area contributed by atoms with Crippen LogP contribution in [-0.4, -0.2) is 90.2 Å². The van der Waals surface area contributed by atoms with Gasteiger partial charge in [-0.1, -0.05) is 54.4 Å². The third-order valence-corrected chi connectivity index (χ3v) is 8.27. The number of carbonyl (C=O) groups excluding carboxylic acids is 3. The summed E-state index contributed by atoms with van der Waals surface area (Å²) < 4.78 is 26.4. The van der Waals surface area contributed by atoms with E-state index in [-0.39, 0.29) is 23.1 Å². The summed E-state index contributed by atoms with van der Waals surface area (Å²) in [6, 6.07) is 19.9. The van der Waals surface area contributed by atoms with Gasteiger partial charge in [-0.05, 0) is 83.6 Å². The van der Waals surface area contributed by atoms with Crippen LogP contribution in [0.3, 0.4) is 0 Å². The van der Waals surface area contributed by atoms with E-state index in [2.05, 4.69) is 18.9 Å². The number of benzene rings is 3. The highest BCUT2D eigenvalue weighted by molar-refractivity contribution is 5.95. The van der Waals surface area contributed by atoms with Gasteiger partial charge >= 0.3 is 30.0 Å². The van der Waals surface area contributed by atoms with Gasteiger partial charge in [0, 0.05) is 25.4 Å². The minimum Gasteiger partial charge on any atom is -0.491 e. The van der Waals surface area contributed by atoms with Crippen LogP contribution >= 0.6 is 0 Å². The van der Waals surface area contributed by atoms with Crippen molar-refractivity contribution in [3.63, 3.8) is 0 Å². The Morgan fingerprint density at radius 2 is 1.33 bits per heavy atom. The van der Waals surface area contributed by atoms with Crippen LogP contribution in [0.5, 0.6) is 5.75 Å². The van der Waals surface area contributed by atoms with Crippen molar-refractivity contribution in [3.05, 3.63) is 101 Å². The lowest BCUT2D eigenvalue weighted by Crippen LogP contribution is -2.50. The maximum absolute atomic E-state index is 12.2. The first kappa shape index (κ1) is 41.0. The molecule has 1 aliphatic rings. The Bertz CT molecular complexity index is 1610. The molecule has 4 rings (SSSR count). The first-order chi connectivity index (χ1) is 24.6. The number of likely N-dealkylation sites (tertiary alicyclic amines) is 1. The largest absolute Gasteiger partial charge is 0.509 e. The van der Waals surface area contributed by atoms with E-state index in [1.54, 1.807) is 45.0 Å². The Morgan fingerprint density at radius 3 is 1.75 bits per heavy atom. The lowest BCUT2D eigenvalue weighted by molar-refractivity contribution is -0.166. The summed E-state index contributed by atoms with van der Waals surface area (Å²) >= 11 is 0. The van der Waals surface area contributed by atoms with E-state index in [0.29, 0.717) is 6.61 Å². The van der Waals surface area contributed by atoms with E-state index in [1.165, 1.54) is 24.3 Å². The Kier molecular flexibility index (Phi) is 14.7. The minimum atomic E-state index is -2.22. The van der Waals surface area contributed by atoms with Crippen molar-refractivity contribution >= 4 is 30.0 Å². The van der Waals surface area contributed by atoms with E-state index in [1.807, 2.05) is 38.1 Å². The highest BCUT2D eigenvalue weighted by Gasteiger charge is 2.46. The molecule has 13 nitrogen and oxygen atoms in total. The number of hydrogen-bond acceptors (Lipinski definition) is 11. The van der Waals surface area contributed by atoms with Gasteiger partial charge in [0.15, 0.2) is 0 Å². The summed E-state index contributed by atoms with van der Waals surface area (Å²) in [5.74, 6) is -4.68. The number of nitrogens with zero attached hydrogens (tertiary/aromatic N) is 1. The van der Waals surface area contributed by atoms with Gasteiger partial charge in [-0.15, -0.1) is 0 Å². The molecule has 2 unspecified atom stereocenters. The highest BCUT2D eigenvalue weighted by atomic mass is 16.7. The van der Waals surface area contributed by atoms with Crippen LogP contribution in [0.2, 0.25) is 0 Å². The first-order valence-electron chi connectivity index (χ1n) is 16.9. The second kappa shape index (κ2) is 18.7. The van der Waals surface area contributed by atoms with Gasteiger partial charge in [0.1, 0.15) is 11.4 Å². The summed E-state index contributed by atoms with van der Waals surface area (Å²) in [4.78, 5) is 61.7. The Labute approximate surface area is 303 Å². The van der Waals surface area contributed by atoms with Crippen LogP contribution in [0.1, 0.15) is 71.5 Å². The van der Waals surface area contributed by atoms with Crippen molar-refractivity contribution in [2.24, 2.45) is 5.92 Å². The molecule has 0 aromatic heterocycles. The lowest BCUT2D eigenvalue weighted by atomic mass is 9.76. The van der Waals surface area contributed by atoms with Gasteiger partial charge in [-0.25, -0.2) is 24.0 Å². The number of carboxylic acids is 2. The van der Waals surface area contributed by atoms with Gasteiger partial charge in [0.05, 0.1) is 23.8 Å². The molecule has 3 aromatic carbocycles. The second-order valence-electron chi connectivity index (χ2n) is 12.8. The zero-order chi connectivity index (χ0) is 38.6. The molecule has 1 heterocycles. The molecule has 3 aromatic rings. The van der Waals surface area contributed by atoms with Crippen LogP contribution in [0.15, 0.2) is 72.8 Å². The zero-order valence-corrected chi connectivity index (χ0v) is 30.5. The van der Waals surface area contributed by atoms with Crippen molar-refractivity contribution < 1.29 is 57.9 Å².